The van der Waals surface area contributed by atoms with E-state index in [1.165, 1.54) is 0 Å². The smallest absolute Gasteiger partial charge is 0.183 e. The van der Waals surface area contributed by atoms with E-state index < -0.39 is 5.79 Å². The van der Waals surface area contributed by atoms with Crippen molar-refractivity contribution < 1.29 is 9.47 Å². The molecule has 1 saturated carbocycles. The summed E-state index contributed by atoms with van der Waals surface area (Å²) in [5.74, 6) is 0.635. The number of nitrogens with zero attached hydrogens (tertiary/aromatic N) is 1. The lowest BCUT2D eigenvalue weighted by molar-refractivity contribution is -0.267. The average Bonchev–Trinajstić information content (AvgIpc) is 2.90. The lowest BCUT2D eigenvalue weighted by atomic mass is 9.84. The zero-order chi connectivity index (χ0) is 14.7. The van der Waals surface area contributed by atoms with Crippen molar-refractivity contribution in [1.82, 2.24) is 15.3 Å². The molecule has 114 valence electrons. The number of methoxy groups -OCH3 is 2. The largest absolute Gasteiger partial charge is 0.352 e. The van der Waals surface area contributed by atoms with Gasteiger partial charge in [0.2, 0.25) is 0 Å². The summed E-state index contributed by atoms with van der Waals surface area (Å²) >= 11 is 0. The molecule has 1 atom stereocenters. The van der Waals surface area contributed by atoms with E-state index in [9.17, 15) is 0 Å². The number of aromatic amines is 1. The average molecular weight is 289 g/mol. The summed E-state index contributed by atoms with van der Waals surface area (Å²) in [5.41, 5.74) is 2.15. The summed E-state index contributed by atoms with van der Waals surface area (Å²) in [6.45, 7) is 0.941. The number of aryl methyl sites for hydroxylation is 1. The molecule has 0 spiro atoms. The molecule has 3 rings (SSSR count). The van der Waals surface area contributed by atoms with Gasteiger partial charge in [-0.2, -0.15) is 0 Å². The number of benzene rings is 1. The number of imidazole rings is 1. The number of fused-ring (bicyclic) bond motifs is 1. The number of hydrogen-bond acceptors (Lipinski definition) is 4. The van der Waals surface area contributed by atoms with Gasteiger partial charge >= 0.3 is 0 Å². The Bertz CT molecular complexity index is 553. The molecule has 1 aromatic carbocycles. The van der Waals surface area contributed by atoms with Crippen LogP contribution in [0.15, 0.2) is 24.3 Å². The molecule has 1 unspecified atom stereocenters. The highest BCUT2D eigenvalue weighted by molar-refractivity contribution is 5.74. The zero-order valence-electron chi connectivity index (χ0n) is 12.7. The summed E-state index contributed by atoms with van der Waals surface area (Å²) in [5, 5.41) is 3.52. The minimum atomic E-state index is -0.417. The van der Waals surface area contributed by atoms with E-state index in [2.05, 4.69) is 21.4 Å². The van der Waals surface area contributed by atoms with Gasteiger partial charge in [0.25, 0.3) is 0 Å². The lowest BCUT2D eigenvalue weighted by Gasteiger charge is -2.47. The fourth-order valence-electron chi connectivity index (χ4n) is 3.01. The van der Waals surface area contributed by atoms with Gasteiger partial charge < -0.3 is 19.8 Å². The Morgan fingerprint density at radius 1 is 1.33 bits per heavy atom. The van der Waals surface area contributed by atoms with E-state index in [1.54, 1.807) is 14.2 Å². The van der Waals surface area contributed by atoms with Crippen LogP contribution in [0.1, 0.15) is 25.1 Å². The van der Waals surface area contributed by atoms with Gasteiger partial charge in [-0.15, -0.1) is 0 Å². The molecule has 1 aliphatic carbocycles. The maximum atomic E-state index is 5.49. The molecule has 21 heavy (non-hydrogen) atoms. The van der Waals surface area contributed by atoms with Crippen LogP contribution in [0, 0.1) is 0 Å². The molecule has 0 radical (unpaired) electrons. The molecule has 1 heterocycles. The molecule has 1 aromatic heterocycles. The van der Waals surface area contributed by atoms with Crippen molar-refractivity contribution in [2.75, 3.05) is 20.8 Å². The number of rotatable bonds is 7. The second-order valence-corrected chi connectivity index (χ2v) is 5.57. The number of ether oxygens (including phenoxy) is 2. The molecule has 0 bridgehead atoms. The van der Waals surface area contributed by atoms with Crippen LogP contribution in [0.5, 0.6) is 0 Å². The van der Waals surface area contributed by atoms with E-state index in [0.29, 0.717) is 6.04 Å². The van der Waals surface area contributed by atoms with Gasteiger partial charge in [-0.05, 0) is 31.5 Å². The summed E-state index contributed by atoms with van der Waals surface area (Å²) in [6.07, 6.45) is 4.05. The van der Waals surface area contributed by atoms with Gasteiger partial charge in [0.1, 0.15) is 5.82 Å². The van der Waals surface area contributed by atoms with Gasteiger partial charge in [-0.3, -0.25) is 0 Å². The van der Waals surface area contributed by atoms with Crippen molar-refractivity contribution in [1.29, 1.82) is 0 Å². The number of hydrogen-bond donors (Lipinski definition) is 2. The van der Waals surface area contributed by atoms with Crippen LogP contribution in [0.25, 0.3) is 11.0 Å². The van der Waals surface area contributed by atoms with E-state index >= 15 is 0 Å². The van der Waals surface area contributed by atoms with Crippen LogP contribution < -0.4 is 5.32 Å². The monoisotopic (exact) mass is 289 g/mol. The predicted octanol–water partition coefficient (Wildman–Crippen LogP) is 2.24. The molecule has 5 nitrogen and oxygen atoms in total. The number of aromatic nitrogens is 2. The Labute approximate surface area is 125 Å². The third kappa shape index (κ3) is 2.81. The topological polar surface area (TPSA) is 59.2 Å². The van der Waals surface area contributed by atoms with Crippen LogP contribution in [0.3, 0.4) is 0 Å². The van der Waals surface area contributed by atoms with Crippen molar-refractivity contribution in [2.24, 2.45) is 0 Å². The van der Waals surface area contributed by atoms with Crippen molar-refractivity contribution >= 4 is 11.0 Å². The minimum absolute atomic E-state index is 0.295. The zero-order valence-corrected chi connectivity index (χ0v) is 12.7. The molecule has 1 fully saturated rings. The van der Waals surface area contributed by atoms with Gasteiger partial charge in [-0.25, -0.2) is 4.98 Å². The first-order valence-electron chi connectivity index (χ1n) is 7.55. The fourth-order valence-corrected chi connectivity index (χ4v) is 3.01. The second-order valence-electron chi connectivity index (χ2n) is 5.57. The molecule has 0 amide bonds. The summed E-state index contributed by atoms with van der Waals surface area (Å²) in [7, 11) is 3.43. The first kappa shape index (κ1) is 14.5. The first-order valence-corrected chi connectivity index (χ1v) is 7.55. The third-order valence-electron chi connectivity index (χ3n) is 4.42. The minimum Gasteiger partial charge on any atom is -0.352 e. The van der Waals surface area contributed by atoms with Crippen LogP contribution >= 0.6 is 0 Å². The van der Waals surface area contributed by atoms with Gasteiger partial charge in [0.15, 0.2) is 5.79 Å². The molecule has 2 N–H and O–H groups in total. The molecule has 1 aliphatic rings. The highest BCUT2D eigenvalue weighted by atomic mass is 16.7. The molecule has 0 saturated heterocycles. The van der Waals surface area contributed by atoms with E-state index in [1.807, 2.05) is 18.2 Å². The van der Waals surface area contributed by atoms with E-state index in [4.69, 9.17) is 9.47 Å². The Balaban J connectivity index is 1.46. The van der Waals surface area contributed by atoms with Gasteiger partial charge in [0, 0.05) is 27.1 Å². The fraction of sp³-hybridized carbons (Fsp3) is 0.562. The van der Waals surface area contributed by atoms with Crippen LogP contribution in [0.4, 0.5) is 0 Å². The van der Waals surface area contributed by atoms with Gasteiger partial charge in [-0.1, -0.05) is 12.1 Å². The quantitative estimate of drug-likeness (QED) is 0.606. The second kappa shape index (κ2) is 6.13. The molecular formula is C16H23N3O2. The number of nitrogens with one attached hydrogen (secondary N) is 2. The molecule has 2 aromatic rings. The highest BCUT2D eigenvalue weighted by Crippen LogP contribution is 2.35. The summed E-state index contributed by atoms with van der Waals surface area (Å²) in [4.78, 5) is 7.95. The van der Waals surface area contributed by atoms with E-state index in [0.717, 1.165) is 49.1 Å². The van der Waals surface area contributed by atoms with E-state index in [-0.39, 0.29) is 0 Å². The maximum absolute atomic E-state index is 5.49. The van der Waals surface area contributed by atoms with Crippen molar-refractivity contribution in [3.63, 3.8) is 0 Å². The lowest BCUT2D eigenvalue weighted by Crippen LogP contribution is -2.61. The normalized spacial score (nSPS) is 20.6. The van der Waals surface area contributed by atoms with Crippen molar-refractivity contribution in [2.45, 2.75) is 37.5 Å². The van der Waals surface area contributed by atoms with Crippen LogP contribution in [0.2, 0.25) is 0 Å². The van der Waals surface area contributed by atoms with Crippen LogP contribution in [-0.4, -0.2) is 42.6 Å². The third-order valence-corrected chi connectivity index (χ3v) is 4.42. The Morgan fingerprint density at radius 2 is 2.14 bits per heavy atom. The van der Waals surface area contributed by atoms with Crippen molar-refractivity contribution in [3.8, 4) is 0 Å². The SMILES string of the molecule is COC1(OC)CCC1NCCCc1nc2ccccc2[nH]1. The Hall–Kier alpha value is -1.43. The molecule has 5 heteroatoms. The Morgan fingerprint density at radius 3 is 2.81 bits per heavy atom. The Kier molecular flexibility index (Phi) is 4.24. The van der Waals surface area contributed by atoms with Crippen molar-refractivity contribution in [3.05, 3.63) is 30.1 Å². The standard InChI is InChI=1S/C16H23N3O2/c1-20-16(21-2)10-9-14(16)17-11-5-8-15-18-12-6-3-4-7-13(12)19-15/h3-4,6-7,14,17H,5,8-11H2,1-2H3,(H,18,19). The highest BCUT2D eigenvalue weighted by Gasteiger charge is 2.47. The van der Waals surface area contributed by atoms with Gasteiger partial charge in [0.05, 0.1) is 17.1 Å². The number of para-hydroxylation sites is 2. The predicted molar refractivity (Wildman–Crippen MR) is 82.2 cm³/mol. The number of H-pyrrole nitrogens is 1. The summed E-state index contributed by atoms with van der Waals surface area (Å²) < 4.78 is 11.0. The maximum Gasteiger partial charge on any atom is 0.183 e. The van der Waals surface area contributed by atoms with Crippen LogP contribution in [-0.2, 0) is 15.9 Å². The molecular weight excluding hydrogens is 266 g/mol. The summed E-state index contributed by atoms with van der Waals surface area (Å²) in [6, 6.07) is 8.43. The first-order chi connectivity index (χ1) is 10.3. The molecule has 0 aliphatic heterocycles.